The lowest BCUT2D eigenvalue weighted by atomic mass is 9.98. The Bertz CT molecular complexity index is 2150. The molecule has 3 aromatic carbocycles. The normalized spacial score (nSPS) is 17.5. The van der Waals surface area contributed by atoms with Crippen molar-refractivity contribution in [2.45, 2.75) is 57.7 Å². The molecule has 3 N–H and O–H groups in total. The second kappa shape index (κ2) is 14.0. The number of amides is 3. The summed E-state index contributed by atoms with van der Waals surface area (Å²) in [5, 5.41) is 4.65. The average Bonchev–Trinajstić information content (AvgIpc) is 3.96. The molecular weight excluding hydrogens is 658 g/mol. The summed E-state index contributed by atoms with van der Waals surface area (Å²) in [6, 6.07) is 20.7. The monoisotopic (exact) mass is 701 g/mol. The van der Waals surface area contributed by atoms with Crippen molar-refractivity contribution >= 4 is 28.9 Å². The van der Waals surface area contributed by atoms with Gasteiger partial charge in [-0.1, -0.05) is 60.7 Å². The van der Waals surface area contributed by atoms with Crippen LogP contribution in [0.25, 0.3) is 44.4 Å². The van der Waals surface area contributed by atoms with E-state index in [-0.39, 0.29) is 30.6 Å². The number of benzene rings is 3. The summed E-state index contributed by atoms with van der Waals surface area (Å²) in [4.78, 5) is 56.8. The number of fused-ring (bicyclic) bond motifs is 1. The quantitative estimate of drug-likeness (QED) is 0.149. The van der Waals surface area contributed by atoms with Crippen molar-refractivity contribution in [3.05, 3.63) is 96.9 Å². The van der Waals surface area contributed by atoms with Gasteiger partial charge < -0.3 is 29.7 Å². The molecular formula is C40H43N7O5. The van der Waals surface area contributed by atoms with E-state index in [1.54, 1.807) is 16.0 Å². The maximum absolute atomic E-state index is 12.9. The first kappa shape index (κ1) is 34.5. The summed E-state index contributed by atoms with van der Waals surface area (Å²) in [6.45, 7) is 10.6. The van der Waals surface area contributed by atoms with Crippen LogP contribution in [-0.4, -0.2) is 80.2 Å². The van der Waals surface area contributed by atoms with E-state index in [1.807, 2.05) is 27.0 Å². The van der Waals surface area contributed by atoms with E-state index in [9.17, 15) is 14.4 Å². The van der Waals surface area contributed by atoms with Crippen molar-refractivity contribution < 1.29 is 23.9 Å². The Kier molecular flexibility index (Phi) is 9.31. The van der Waals surface area contributed by atoms with Gasteiger partial charge in [0.2, 0.25) is 5.91 Å². The number of H-pyrrole nitrogens is 2. The lowest BCUT2D eigenvalue weighted by Gasteiger charge is -2.27. The van der Waals surface area contributed by atoms with Crippen LogP contribution in [0.3, 0.4) is 0 Å². The smallest absolute Gasteiger partial charge is 0.410 e. The van der Waals surface area contributed by atoms with Crippen molar-refractivity contribution in [2.24, 2.45) is 0 Å². The lowest BCUT2D eigenvalue weighted by molar-refractivity contribution is -0.131. The summed E-state index contributed by atoms with van der Waals surface area (Å²) < 4.78 is 10.2. The zero-order valence-corrected chi connectivity index (χ0v) is 29.9. The van der Waals surface area contributed by atoms with E-state index in [0.29, 0.717) is 25.3 Å². The van der Waals surface area contributed by atoms with Gasteiger partial charge in [0.05, 0.1) is 43.0 Å². The molecule has 0 unspecified atom stereocenters. The second-order valence-corrected chi connectivity index (χ2v) is 14.4. The molecule has 0 aliphatic carbocycles. The Morgan fingerprint density at radius 1 is 0.846 bits per heavy atom. The summed E-state index contributed by atoms with van der Waals surface area (Å²) >= 11 is 0. The Balaban J connectivity index is 1.03. The predicted molar refractivity (Wildman–Crippen MR) is 198 cm³/mol. The molecule has 0 radical (unpaired) electrons. The van der Waals surface area contributed by atoms with E-state index >= 15 is 0 Å². The molecule has 2 fully saturated rings. The molecule has 2 saturated heterocycles. The van der Waals surface area contributed by atoms with E-state index in [4.69, 9.17) is 4.74 Å². The van der Waals surface area contributed by atoms with Crippen molar-refractivity contribution in [1.29, 1.82) is 0 Å². The minimum Gasteiger partial charge on any atom is -0.453 e. The van der Waals surface area contributed by atoms with E-state index in [0.717, 1.165) is 68.7 Å². The average molecular weight is 702 g/mol. The van der Waals surface area contributed by atoms with Crippen LogP contribution >= 0.6 is 0 Å². The number of alkyl carbamates (subject to hydrolysis) is 1. The van der Waals surface area contributed by atoms with Gasteiger partial charge in [0.1, 0.15) is 23.8 Å². The molecule has 0 saturated carbocycles. The highest BCUT2D eigenvalue weighted by Gasteiger charge is 2.35. The number of methoxy groups -OCH3 is 1. The third-order valence-electron chi connectivity index (χ3n) is 9.53. The third-order valence-corrected chi connectivity index (χ3v) is 9.53. The molecule has 2 aliphatic rings. The van der Waals surface area contributed by atoms with Crippen LogP contribution in [0.15, 0.2) is 85.2 Å². The van der Waals surface area contributed by atoms with Gasteiger partial charge in [-0.15, -0.1) is 0 Å². The zero-order chi connectivity index (χ0) is 36.6. The first-order chi connectivity index (χ1) is 25.0. The van der Waals surface area contributed by atoms with E-state index < -0.39 is 11.7 Å². The molecule has 7 rings (SSSR count). The van der Waals surface area contributed by atoms with Crippen LogP contribution in [0.5, 0.6) is 0 Å². The number of rotatable bonds is 7. The van der Waals surface area contributed by atoms with Crippen LogP contribution in [0.2, 0.25) is 0 Å². The van der Waals surface area contributed by atoms with Gasteiger partial charge in [-0.05, 0) is 79.6 Å². The molecule has 0 bridgehead atoms. The van der Waals surface area contributed by atoms with Crippen molar-refractivity contribution in [3.63, 3.8) is 0 Å². The number of imidazole rings is 2. The molecule has 2 aliphatic heterocycles. The van der Waals surface area contributed by atoms with Gasteiger partial charge in [-0.2, -0.15) is 0 Å². The number of hydrogen-bond donors (Lipinski definition) is 3. The van der Waals surface area contributed by atoms with Gasteiger partial charge in [0.15, 0.2) is 0 Å². The topological polar surface area (TPSA) is 146 Å². The molecule has 268 valence electrons. The lowest BCUT2D eigenvalue weighted by Crippen LogP contribution is -2.40. The number of ether oxygens (including phenoxy) is 2. The first-order valence-corrected chi connectivity index (χ1v) is 17.5. The molecule has 2 atom stereocenters. The van der Waals surface area contributed by atoms with Crippen LogP contribution in [0, 0.1) is 0 Å². The third kappa shape index (κ3) is 7.27. The van der Waals surface area contributed by atoms with Gasteiger partial charge in [-0.3, -0.25) is 9.69 Å². The number of aromatic nitrogens is 4. The fourth-order valence-electron chi connectivity index (χ4n) is 6.96. The molecule has 4 heterocycles. The number of likely N-dealkylation sites (tertiary alicyclic amines) is 2. The van der Waals surface area contributed by atoms with Gasteiger partial charge in [0, 0.05) is 18.7 Å². The highest BCUT2D eigenvalue weighted by atomic mass is 16.6. The molecule has 12 nitrogen and oxygen atoms in total. The van der Waals surface area contributed by atoms with Crippen molar-refractivity contribution in [1.82, 2.24) is 35.1 Å². The maximum Gasteiger partial charge on any atom is 0.410 e. The zero-order valence-electron chi connectivity index (χ0n) is 29.9. The summed E-state index contributed by atoms with van der Waals surface area (Å²) in [5.74, 6) is 1.21. The van der Waals surface area contributed by atoms with Gasteiger partial charge in [0.25, 0.3) is 0 Å². The Labute approximate surface area is 302 Å². The number of nitrogens with zero attached hydrogens (tertiary/aromatic N) is 4. The van der Waals surface area contributed by atoms with Gasteiger partial charge >= 0.3 is 12.2 Å². The highest BCUT2D eigenvalue weighted by Crippen LogP contribution is 2.36. The first-order valence-electron chi connectivity index (χ1n) is 17.5. The van der Waals surface area contributed by atoms with Crippen molar-refractivity contribution in [2.75, 3.05) is 26.7 Å². The number of carbonyl (C=O) groups excluding carboxylic acids is 3. The van der Waals surface area contributed by atoms with E-state index in [1.165, 1.54) is 7.11 Å². The molecule has 3 amide bonds. The minimum absolute atomic E-state index is 0.131. The molecule has 2 aromatic heterocycles. The van der Waals surface area contributed by atoms with Crippen LogP contribution in [0.4, 0.5) is 9.59 Å². The van der Waals surface area contributed by atoms with Crippen molar-refractivity contribution in [3.8, 4) is 33.6 Å². The number of hydrogen-bond acceptors (Lipinski definition) is 7. The SMILES string of the molecule is C=C1C[C@@H](c2ncc(-c3ccc4cc(-c5ccc(-c6cnc([C@@H]7CCCN7C(=O)OC(C)(C)C)[nH]6)cc5)ccc4c3)[nH]2)N(C(=O)CNC(=O)OC)C1. The predicted octanol–water partition coefficient (Wildman–Crippen LogP) is 7.54. The molecule has 5 aromatic rings. The molecule has 0 spiro atoms. The van der Waals surface area contributed by atoms with Gasteiger partial charge in [-0.25, -0.2) is 19.6 Å². The summed E-state index contributed by atoms with van der Waals surface area (Å²) in [6.07, 6.45) is 5.00. The van der Waals surface area contributed by atoms with Crippen LogP contribution in [0.1, 0.15) is 63.8 Å². The Morgan fingerprint density at radius 2 is 1.44 bits per heavy atom. The summed E-state index contributed by atoms with van der Waals surface area (Å²) in [5.41, 5.74) is 6.32. The fraction of sp³-hybridized carbons (Fsp3) is 0.325. The fourth-order valence-corrected chi connectivity index (χ4v) is 6.96. The molecule has 12 heteroatoms. The van der Waals surface area contributed by atoms with Crippen LogP contribution < -0.4 is 5.32 Å². The second-order valence-electron chi connectivity index (χ2n) is 14.4. The number of nitrogens with one attached hydrogen (secondary N) is 3. The van der Waals surface area contributed by atoms with Crippen LogP contribution in [-0.2, 0) is 14.3 Å². The van der Waals surface area contributed by atoms with E-state index in [2.05, 4.69) is 97.2 Å². The molecule has 52 heavy (non-hydrogen) atoms. The Morgan fingerprint density at radius 3 is 2.12 bits per heavy atom. The standard InChI is InChI=1S/C40H43N7O5/c1-24-17-34(47(23-24)35(48)22-43-38(49)51-5)37-42-21-32(45-37)30-15-14-28-18-27(12-13-29(28)19-30)25-8-10-26(11-9-25)31-20-41-36(44-31)33-7-6-16-46(33)39(50)52-40(2,3)4/h8-15,18-21,33-34H,1,6-7,16-17,22-23H2,2-5H3,(H,41,44)(H,42,45)(H,43,49)/t33-,34-/m0/s1. The maximum atomic E-state index is 12.9. The minimum atomic E-state index is -0.653. The Hall–Kier alpha value is -5.91. The number of carbonyl (C=O) groups is 3. The highest BCUT2D eigenvalue weighted by molar-refractivity contribution is 5.90. The number of aromatic amines is 2. The summed E-state index contributed by atoms with van der Waals surface area (Å²) in [7, 11) is 1.26. The largest absolute Gasteiger partial charge is 0.453 e.